The van der Waals surface area contributed by atoms with Crippen LogP contribution in [0.1, 0.15) is 17.2 Å². The zero-order chi connectivity index (χ0) is 18.9. The summed E-state index contributed by atoms with van der Waals surface area (Å²) in [6.45, 7) is 1.87. The zero-order valence-electron chi connectivity index (χ0n) is 14.4. The van der Waals surface area contributed by atoms with Crippen molar-refractivity contribution in [2.75, 3.05) is 13.7 Å². The van der Waals surface area contributed by atoms with Gasteiger partial charge in [0.05, 0.1) is 23.6 Å². The Morgan fingerprint density at radius 3 is 2.50 bits per heavy atom. The molecule has 0 fully saturated rings. The van der Waals surface area contributed by atoms with Crippen LogP contribution in [-0.4, -0.2) is 37.5 Å². The predicted octanol–water partition coefficient (Wildman–Crippen LogP) is 2.76. The summed E-state index contributed by atoms with van der Waals surface area (Å²) in [6, 6.07) is 12.4. The maximum absolute atomic E-state index is 13.1. The van der Waals surface area contributed by atoms with Crippen LogP contribution >= 0.6 is 0 Å². The van der Waals surface area contributed by atoms with Gasteiger partial charge in [-0.1, -0.05) is 35.9 Å². The van der Waals surface area contributed by atoms with Crippen LogP contribution in [0, 0.1) is 6.92 Å². The van der Waals surface area contributed by atoms with Gasteiger partial charge in [-0.15, -0.1) is 0 Å². The molecule has 2 aromatic carbocycles. The van der Waals surface area contributed by atoms with E-state index in [0.29, 0.717) is 11.3 Å². The fourth-order valence-corrected chi connectivity index (χ4v) is 4.54. The molecule has 0 saturated heterocycles. The third-order valence-electron chi connectivity index (χ3n) is 4.36. The van der Waals surface area contributed by atoms with Gasteiger partial charge in [-0.05, 0) is 36.8 Å². The average Bonchev–Trinajstić information content (AvgIpc) is 3.08. The molecule has 26 heavy (non-hydrogen) atoms. The van der Waals surface area contributed by atoms with Crippen LogP contribution < -0.4 is 4.74 Å². The standard InChI is InChI=1S/C19H19NO5S/c1-13-6-8-16(9-7-13)26(23,24)20-11-10-17(19(21)22)18(20)14-4-3-5-15(12-14)25-2/h3-10,12,18H,11H2,1-2H3,(H,21,22). The van der Waals surface area contributed by atoms with E-state index in [0.717, 1.165) is 5.56 Å². The van der Waals surface area contributed by atoms with Crippen molar-refractivity contribution in [1.82, 2.24) is 4.31 Å². The Morgan fingerprint density at radius 2 is 1.88 bits per heavy atom. The number of carboxylic acid groups (broad SMARTS) is 1. The summed E-state index contributed by atoms with van der Waals surface area (Å²) in [4.78, 5) is 11.8. The highest BCUT2D eigenvalue weighted by Crippen LogP contribution is 2.38. The number of hydrogen-bond donors (Lipinski definition) is 1. The van der Waals surface area contributed by atoms with Gasteiger partial charge in [0, 0.05) is 6.54 Å². The van der Waals surface area contributed by atoms with E-state index in [4.69, 9.17) is 4.74 Å². The van der Waals surface area contributed by atoms with E-state index in [2.05, 4.69) is 0 Å². The van der Waals surface area contributed by atoms with Crippen molar-refractivity contribution in [2.24, 2.45) is 0 Å². The Hall–Kier alpha value is -2.64. The second-order valence-corrected chi connectivity index (χ2v) is 7.92. The molecule has 1 N–H and O–H groups in total. The lowest BCUT2D eigenvalue weighted by Gasteiger charge is -2.26. The molecule has 1 atom stereocenters. The lowest BCUT2D eigenvalue weighted by atomic mass is 10.0. The van der Waals surface area contributed by atoms with Crippen molar-refractivity contribution in [2.45, 2.75) is 17.9 Å². The molecule has 1 heterocycles. The van der Waals surface area contributed by atoms with E-state index in [1.165, 1.54) is 29.6 Å². The molecule has 1 unspecified atom stereocenters. The van der Waals surface area contributed by atoms with Crippen LogP contribution in [-0.2, 0) is 14.8 Å². The van der Waals surface area contributed by atoms with Crippen molar-refractivity contribution in [1.29, 1.82) is 0 Å². The molecule has 136 valence electrons. The number of benzene rings is 2. The van der Waals surface area contributed by atoms with E-state index >= 15 is 0 Å². The van der Waals surface area contributed by atoms with E-state index < -0.39 is 22.0 Å². The van der Waals surface area contributed by atoms with Gasteiger partial charge >= 0.3 is 5.97 Å². The zero-order valence-corrected chi connectivity index (χ0v) is 15.2. The van der Waals surface area contributed by atoms with Crippen LogP contribution in [0.2, 0.25) is 0 Å². The minimum atomic E-state index is -3.86. The normalized spacial score (nSPS) is 17.8. The molecular formula is C19H19NO5S. The quantitative estimate of drug-likeness (QED) is 0.871. The Balaban J connectivity index is 2.08. The summed E-state index contributed by atoms with van der Waals surface area (Å²) >= 11 is 0. The van der Waals surface area contributed by atoms with E-state index in [-0.39, 0.29) is 17.0 Å². The fourth-order valence-electron chi connectivity index (χ4n) is 3.00. The van der Waals surface area contributed by atoms with Gasteiger partial charge in [-0.2, -0.15) is 4.31 Å². The number of ether oxygens (including phenoxy) is 1. The van der Waals surface area contributed by atoms with Crippen LogP contribution in [0.4, 0.5) is 0 Å². The Kier molecular flexibility index (Phi) is 4.84. The Morgan fingerprint density at radius 1 is 1.19 bits per heavy atom. The van der Waals surface area contributed by atoms with E-state index in [9.17, 15) is 18.3 Å². The third kappa shape index (κ3) is 3.23. The largest absolute Gasteiger partial charge is 0.497 e. The van der Waals surface area contributed by atoms with Gasteiger partial charge in [-0.3, -0.25) is 0 Å². The second kappa shape index (κ2) is 6.93. The first-order valence-corrected chi connectivity index (χ1v) is 9.44. The molecular weight excluding hydrogens is 354 g/mol. The van der Waals surface area contributed by atoms with Crippen molar-refractivity contribution < 1.29 is 23.1 Å². The predicted molar refractivity (Wildman–Crippen MR) is 96.5 cm³/mol. The second-order valence-electron chi connectivity index (χ2n) is 6.03. The third-order valence-corrected chi connectivity index (χ3v) is 6.20. The molecule has 2 aromatic rings. The maximum Gasteiger partial charge on any atom is 0.333 e. The number of sulfonamides is 1. The van der Waals surface area contributed by atoms with Gasteiger partial charge in [0.1, 0.15) is 5.75 Å². The Bertz CT molecular complexity index is 964. The minimum Gasteiger partial charge on any atom is -0.497 e. The molecule has 1 aliphatic heterocycles. The van der Waals surface area contributed by atoms with E-state index in [1.807, 2.05) is 6.92 Å². The SMILES string of the molecule is COc1cccc(C2C(C(=O)O)=CCN2S(=O)(=O)c2ccc(C)cc2)c1. The smallest absolute Gasteiger partial charge is 0.333 e. The lowest BCUT2D eigenvalue weighted by molar-refractivity contribution is -0.133. The topological polar surface area (TPSA) is 83.9 Å². The van der Waals surface area contributed by atoms with Gasteiger partial charge in [0.15, 0.2) is 0 Å². The molecule has 7 heteroatoms. The number of aliphatic carboxylic acids is 1. The first kappa shape index (κ1) is 18.2. The minimum absolute atomic E-state index is 0.000278. The number of hydrogen-bond acceptors (Lipinski definition) is 4. The monoisotopic (exact) mass is 373 g/mol. The first-order valence-electron chi connectivity index (χ1n) is 8.00. The van der Waals surface area contributed by atoms with Crippen LogP contribution in [0.3, 0.4) is 0 Å². The number of methoxy groups -OCH3 is 1. The summed E-state index contributed by atoms with van der Waals surface area (Å²) in [6.07, 6.45) is 1.44. The highest BCUT2D eigenvalue weighted by Gasteiger charge is 2.40. The summed E-state index contributed by atoms with van der Waals surface area (Å²) in [5, 5.41) is 9.54. The number of carbonyl (C=O) groups is 1. The molecule has 0 aromatic heterocycles. The molecule has 0 bridgehead atoms. The molecule has 1 aliphatic rings. The highest BCUT2D eigenvalue weighted by atomic mass is 32.2. The number of aryl methyl sites for hydroxylation is 1. The maximum atomic E-state index is 13.1. The summed E-state index contributed by atoms with van der Waals surface area (Å²) in [7, 11) is -2.36. The van der Waals surface area contributed by atoms with Crippen molar-refractivity contribution in [3.05, 3.63) is 71.3 Å². The van der Waals surface area contributed by atoms with Gasteiger partial charge in [0.25, 0.3) is 0 Å². The number of carboxylic acids is 1. The number of rotatable bonds is 5. The van der Waals surface area contributed by atoms with Crippen molar-refractivity contribution >= 4 is 16.0 Å². The molecule has 6 nitrogen and oxygen atoms in total. The summed E-state index contributed by atoms with van der Waals surface area (Å²) in [5.41, 5.74) is 1.53. The molecule has 0 radical (unpaired) electrons. The number of nitrogens with zero attached hydrogens (tertiary/aromatic N) is 1. The molecule has 0 aliphatic carbocycles. The van der Waals surface area contributed by atoms with Crippen LogP contribution in [0.25, 0.3) is 0 Å². The fraction of sp³-hybridized carbons (Fsp3) is 0.211. The molecule has 0 spiro atoms. The van der Waals surface area contributed by atoms with Crippen LogP contribution in [0.5, 0.6) is 5.75 Å². The molecule has 0 saturated carbocycles. The average molecular weight is 373 g/mol. The summed E-state index contributed by atoms with van der Waals surface area (Å²) < 4.78 is 32.6. The Labute approximate surface area is 152 Å². The van der Waals surface area contributed by atoms with E-state index in [1.54, 1.807) is 36.4 Å². The van der Waals surface area contributed by atoms with Crippen LogP contribution in [0.15, 0.2) is 65.1 Å². The molecule has 3 rings (SSSR count). The summed E-state index contributed by atoms with van der Waals surface area (Å²) in [5.74, 6) is -0.605. The molecule has 0 amide bonds. The lowest BCUT2D eigenvalue weighted by Crippen LogP contribution is -2.33. The van der Waals surface area contributed by atoms with Gasteiger partial charge < -0.3 is 9.84 Å². The first-order chi connectivity index (χ1) is 12.3. The van der Waals surface area contributed by atoms with Gasteiger partial charge in [0.2, 0.25) is 10.0 Å². The van der Waals surface area contributed by atoms with Crippen molar-refractivity contribution in [3.63, 3.8) is 0 Å². The van der Waals surface area contributed by atoms with Gasteiger partial charge in [-0.25, -0.2) is 13.2 Å². The highest BCUT2D eigenvalue weighted by molar-refractivity contribution is 7.89. The van der Waals surface area contributed by atoms with Crippen molar-refractivity contribution in [3.8, 4) is 5.75 Å².